The minimum absolute atomic E-state index is 1.03. The van der Waals surface area contributed by atoms with Crippen LogP contribution in [0.3, 0.4) is 0 Å². The van der Waals surface area contributed by atoms with Crippen LogP contribution in [-0.2, 0) is 0 Å². The van der Waals surface area contributed by atoms with Crippen LogP contribution in [0.25, 0.3) is 0 Å². The highest BCUT2D eigenvalue weighted by Crippen LogP contribution is 1.87. The van der Waals surface area contributed by atoms with Gasteiger partial charge in [-0.1, -0.05) is 0 Å². The molecule has 74 valence electrons. The third kappa shape index (κ3) is 5.49. The molecular formula is C8H22N4. The lowest BCUT2D eigenvalue weighted by atomic mass is 10.5. The third-order valence-corrected chi connectivity index (χ3v) is 1.95. The average Bonchev–Trinajstić information content (AvgIpc) is 2.10. The van der Waals surface area contributed by atoms with Gasteiger partial charge in [0.15, 0.2) is 0 Å². The van der Waals surface area contributed by atoms with Crippen LogP contribution in [0.5, 0.6) is 0 Å². The van der Waals surface area contributed by atoms with E-state index in [0.717, 1.165) is 26.2 Å². The van der Waals surface area contributed by atoms with Crippen LogP contribution in [0.15, 0.2) is 0 Å². The lowest BCUT2D eigenvalue weighted by Gasteiger charge is -2.27. The number of hydrogen-bond acceptors (Lipinski definition) is 4. The summed E-state index contributed by atoms with van der Waals surface area (Å²) >= 11 is 0. The maximum atomic E-state index is 3.13. The zero-order chi connectivity index (χ0) is 9.40. The second kappa shape index (κ2) is 7.49. The van der Waals surface area contributed by atoms with Crippen LogP contribution >= 0.6 is 0 Å². The van der Waals surface area contributed by atoms with Gasteiger partial charge in [0.25, 0.3) is 0 Å². The molecule has 0 aliphatic rings. The highest BCUT2D eigenvalue weighted by Gasteiger charge is 2.02. The zero-order valence-electron chi connectivity index (χ0n) is 8.72. The SMILES string of the molecule is CNCCN(C)N(C)CCNC. The van der Waals surface area contributed by atoms with Gasteiger partial charge in [0.05, 0.1) is 0 Å². The molecule has 0 aliphatic heterocycles. The Labute approximate surface area is 75.9 Å². The summed E-state index contributed by atoms with van der Waals surface area (Å²) in [6.45, 7) is 4.16. The number of hydrazine groups is 1. The van der Waals surface area contributed by atoms with E-state index in [-0.39, 0.29) is 0 Å². The molecule has 0 bridgehead atoms. The van der Waals surface area contributed by atoms with Crippen LogP contribution in [0, 0.1) is 0 Å². The lowest BCUT2D eigenvalue weighted by molar-refractivity contribution is 0.0305. The third-order valence-electron chi connectivity index (χ3n) is 1.95. The normalized spacial score (nSPS) is 11.5. The largest absolute Gasteiger partial charge is 0.318 e. The van der Waals surface area contributed by atoms with Gasteiger partial charge in [0.2, 0.25) is 0 Å². The molecule has 0 saturated carbocycles. The van der Waals surface area contributed by atoms with E-state index in [1.807, 2.05) is 14.1 Å². The first-order chi connectivity index (χ1) is 5.72. The van der Waals surface area contributed by atoms with Crippen molar-refractivity contribution in [1.29, 1.82) is 0 Å². The minimum Gasteiger partial charge on any atom is -0.318 e. The Balaban J connectivity index is 3.39. The highest BCUT2D eigenvalue weighted by atomic mass is 15.6. The molecule has 0 heterocycles. The van der Waals surface area contributed by atoms with E-state index in [1.165, 1.54) is 0 Å². The van der Waals surface area contributed by atoms with Gasteiger partial charge in [-0.2, -0.15) is 0 Å². The Hall–Kier alpha value is -0.160. The molecule has 0 radical (unpaired) electrons. The van der Waals surface area contributed by atoms with Crippen molar-refractivity contribution >= 4 is 0 Å². The number of hydrogen-bond donors (Lipinski definition) is 2. The summed E-state index contributed by atoms with van der Waals surface area (Å²) in [4.78, 5) is 0. The van der Waals surface area contributed by atoms with Gasteiger partial charge in [-0.3, -0.25) is 0 Å². The quantitative estimate of drug-likeness (QED) is 0.495. The van der Waals surface area contributed by atoms with E-state index in [0.29, 0.717) is 0 Å². The first kappa shape index (κ1) is 11.8. The molecule has 12 heavy (non-hydrogen) atoms. The molecule has 0 aliphatic carbocycles. The number of nitrogens with one attached hydrogen (secondary N) is 2. The van der Waals surface area contributed by atoms with Gasteiger partial charge >= 0.3 is 0 Å². The van der Waals surface area contributed by atoms with E-state index in [2.05, 4.69) is 34.7 Å². The van der Waals surface area contributed by atoms with Crippen molar-refractivity contribution in [3.63, 3.8) is 0 Å². The monoisotopic (exact) mass is 174 g/mol. The van der Waals surface area contributed by atoms with E-state index < -0.39 is 0 Å². The molecular weight excluding hydrogens is 152 g/mol. The fraction of sp³-hybridized carbons (Fsp3) is 1.00. The summed E-state index contributed by atoms with van der Waals surface area (Å²) in [5.74, 6) is 0. The summed E-state index contributed by atoms with van der Waals surface area (Å²) in [5.41, 5.74) is 0. The summed E-state index contributed by atoms with van der Waals surface area (Å²) in [6, 6.07) is 0. The second-order valence-electron chi connectivity index (χ2n) is 2.97. The van der Waals surface area contributed by atoms with Crippen LogP contribution in [0.2, 0.25) is 0 Å². The van der Waals surface area contributed by atoms with Gasteiger partial charge < -0.3 is 10.6 Å². The molecule has 0 aromatic carbocycles. The predicted octanol–water partition coefficient (Wildman–Crippen LogP) is -0.796. The maximum Gasteiger partial charge on any atom is 0.0255 e. The summed E-state index contributed by atoms with van der Waals surface area (Å²) < 4.78 is 0. The average molecular weight is 174 g/mol. The molecule has 4 heteroatoms. The van der Waals surface area contributed by atoms with Gasteiger partial charge in [-0.25, -0.2) is 10.0 Å². The van der Waals surface area contributed by atoms with Crippen molar-refractivity contribution in [2.24, 2.45) is 0 Å². The second-order valence-corrected chi connectivity index (χ2v) is 2.97. The van der Waals surface area contributed by atoms with Crippen molar-refractivity contribution < 1.29 is 0 Å². The molecule has 0 atom stereocenters. The van der Waals surface area contributed by atoms with Crippen LogP contribution < -0.4 is 10.6 Å². The Bertz CT molecular complexity index is 85.1. The standard InChI is InChI=1S/C8H22N4/c1-9-5-7-11(3)12(4)8-6-10-2/h9-10H,5-8H2,1-4H3. The molecule has 0 fully saturated rings. The molecule has 4 nitrogen and oxygen atoms in total. The summed E-state index contributed by atoms with van der Waals surface area (Å²) in [6.07, 6.45) is 0. The van der Waals surface area contributed by atoms with E-state index in [1.54, 1.807) is 0 Å². The Morgan fingerprint density at radius 2 is 1.17 bits per heavy atom. The molecule has 0 unspecified atom stereocenters. The van der Waals surface area contributed by atoms with Gasteiger partial charge in [-0.05, 0) is 14.1 Å². The zero-order valence-corrected chi connectivity index (χ0v) is 8.72. The first-order valence-corrected chi connectivity index (χ1v) is 4.43. The van der Waals surface area contributed by atoms with Crippen LogP contribution in [0.1, 0.15) is 0 Å². The van der Waals surface area contributed by atoms with Crippen molar-refractivity contribution in [3.05, 3.63) is 0 Å². The lowest BCUT2D eigenvalue weighted by Crippen LogP contribution is -2.42. The van der Waals surface area contributed by atoms with Crippen LogP contribution in [0.4, 0.5) is 0 Å². The topological polar surface area (TPSA) is 30.5 Å². The van der Waals surface area contributed by atoms with Crippen molar-refractivity contribution in [1.82, 2.24) is 20.7 Å². The Kier molecular flexibility index (Phi) is 7.39. The molecule has 0 rings (SSSR count). The Morgan fingerprint density at radius 3 is 1.42 bits per heavy atom. The smallest absolute Gasteiger partial charge is 0.0255 e. The van der Waals surface area contributed by atoms with Crippen molar-refractivity contribution in [2.75, 3.05) is 54.4 Å². The fourth-order valence-corrected chi connectivity index (χ4v) is 0.889. The van der Waals surface area contributed by atoms with E-state index in [9.17, 15) is 0 Å². The van der Waals surface area contributed by atoms with Gasteiger partial charge in [0, 0.05) is 40.3 Å². The van der Waals surface area contributed by atoms with Crippen molar-refractivity contribution in [2.45, 2.75) is 0 Å². The van der Waals surface area contributed by atoms with E-state index in [4.69, 9.17) is 0 Å². The number of rotatable bonds is 7. The van der Waals surface area contributed by atoms with Crippen LogP contribution in [-0.4, -0.2) is 64.4 Å². The van der Waals surface area contributed by atoms with Crippen molar-refractivity contribution in [3.8, 4) is 0 Å². The van der Waals surface area contributed by atoms with Gasteiger partial charge in [0.1, 0.15) is 0 Å². The highest BCUT2D eigenvalue weighted by molar-refractivity contribution is 4.51. The Morgan fingerprint density at radius 1 is 0.833 bits per heavy atom. The number of nitrogens with zero attached hydrogens (tertiary/aromatic N) is 2. The molecule has 0 aromatic heterocycles. The first-order valence-electron chi connectivity index (χ1n) is 4.43. The molecule has 0 aromatic rings. The maximum absolute atomic E-state index is 3.13. The predicted molar refractivity (Wildman–Crippen MR) is 53.1 cm³/mol. The molecule has 0 spiro atoms. The number of likely N-dealkylation sites (N-methyl/N-ethyl adjacent to an activating group) is 4. The fourth-order valence-electron chi connectivity index (χ4n) is 0.889. The van der Waals surface area contributed by atoms with Gasteiger partial charge in [-0.15, -0.1) is 0 Å². The molecule has 2 N–H and O–H groups in total. The summed E-state index contributed by atoms with van der Waals surface area (Å²) in [7, 11) is 8.16. The molecule has 0 amide bonds. The minimum atomic E-state index is 1.03. The molecule has 0 saturated heterocycles. The summed E-state index contributed by atoms with van der Waals surface area (Å²) in [5, 5.41) is 10.7. The van der Waals surface area contributed by atoms with E-state index >= 15 is 0 Å².